The predicted molar refractivity (Wildman–Crippen MR) is 88.7 cm³/mol. The maximum atomic E-state index is 12.8. The highest BCUT2D eigenvalue weighted by Crippen LogP contribution is 2.24. The van der Waals surface area contributed by atoms with Crippen molar-refractivity contribution >= 4 is 15.9 Å². The van der Waals surface area contributed by atoms with Crippen molar-refractivity contribution in [3.63, 3.8) is 0 Å². The molecule has 6 heteroatoms. The van der Waals surface area contributed by atoms with Crippen LogP contribution in [0.25, 0.3) is 0 Å². The Labute approximate surface area is 138 Å². The van der Waals surface area contributed by atoms with Crippen LogP contribution in [0, 0.1) is 5.92 Å². The molecule has 0 radical (unpaired) electrons. The third kappa shape index (κ3) is 3.43. The Hall–Kier alpha value is -1.40. The number of likely N-dealkylation sites (tertiary alicyclic amines) is 1. The molecule has 0 saturated carbocycles. The molecule has 0 spiro atoms. The first-order chi connectivity index (χ1) is 11.0. The molecule has 126 valence electrons. The molecule has 1 aromatic rings. The standard InChI is InChI=1S/C17H24N2O3S/c1-14-7-11-19(12-8-14)23(21,22)16-6-4-5-15(13-16)17(20)18-9-2-3-10-18/h4-6,13-14H,2-3,7-12H2,1H3. The van der Waals surface area contributed by atoms with Crippen LogP contribution in [0.3, 0.4) is 0 Å². The van der Waals surface area contributed by atoms with Crippen molar-refractivity contribution in [2.75, 3.05) is 26.2 Å². The van der Waals surface area contributed by atoms with Crippen molar-refractivity contribution in [3.8, 4) is 0 Å². The van der Waals surface area contributed by atoms with Crippen molar-refractivity contribution in [1.82, 2.24) is 9.21 Å². The summed E-state index contributed by atoms with van der Waals surface area (Å²) >= 11 is 0. The van der Waals surface area contributed by atoms with Crippen LogP contribution in [0.2, 0.25) is 0 Å². The largest absolute Gasteiger partial charge is 0.339 e. The fourth-order valence-corrected chi connectivity index (χ4v) is 4.78. The van der Waals surface area contributed by atoms with Gasteiger partial charge >= 0.3 is 0 Å². The Kier molecular flexibility index (Phi) is 4.73. The molecule has 2 aliphatic heterocycles. The minimum absolute atomic E-state index is 0.0631. The number of hydrogen-bond acceptors (Lipinski definition) is 3. The first-order valence-electron chi connectivity index (χ1n) is 8.38. The number of carbonyl (C=O) groups is 1. The lowest BCUT2D eigenvalue weighted by Crippen LogP contribution is -2.38. The molecule has 2 saturated heterocycles. The molecule has 0 N–H and O–H groups in total. The van der Waals surface area contributed by atoms with Crippen LogP contribution in [-0.4, -0.2) is 49.7 Å². The highest BCUT2D eigenvalue weighted by molar-refractivity contribution is 7.89. The van der Waals surface area contributed by atoms with Crippen molar-refractivity contribution in [3.05, 3.63) is 29.8 Å². The summed E-state index contributed by atoms with van der Waals surface area (Å²) in [5.41, 5.74) is 0.471. The quantitative estimate of drug-likeness (QED) is 0.851. The molecule has 0 unspecified atom stereocenters. The summed E-state index contributed by atoms with van der Waals surface area (Å²) in [6.45, 7) is 4.81. The van der Waals surface area contributed by atoms with Gasteiger partial charge in [-0.15, -0.1) is 0 Å². The zero-order valence-corrected chi connectivity index (χ0v) is 14.4. The Bertz CT molecular complexity index is 673. The second-order valence-electron chi connectivity index (χ2n) is 6.61. The van der Waals surface area contributed by atoms with E-state index in [0.717, 1.165) is 38.8 Å². The van der Waals surface area contributed by atoms with Crippen molar-refractivity contribution in [2.45, 2.75) is 37.5 Å². The van der Waals surface area contributed by atoms with E-state index in [2.05, 4.69) is 6.92 Å². The minimum Gasteiger partial charge on any atom is -0.339 e. The molecule has 0 bridgehead atoms. The van der Waals surface area contributed by atoms with Gasteiger partial charge in [0.05, 0.1) is 4.90 Å². The summed E-state index contributed by atoms with van der Waals surface area (Å²) in [7, 11) is -3.50. The smallest absolute Gasteiger partial charge is 0.253 e. The molecule has 0 aromatic heterocycles. The van der Waals surface area contributed by atoms with Crippen LogP contribution >= 0.6 is 0 Å². The highest BCUT2D eigenvalue weighted by atomic mass is 32.2. The Morgan fingerprint density at radius 3 is 2.39 bits per heavy atom. The van der Waals surface area contributed by atoms with E-state index in [1.54, 1.807) is 27.4 Å². The number of rotatable bonds is 3. The van der Waals surface area contributed by atoms with Gasteiger partial charge in [-0.05, 0) is 49.8 Å². The molecule has 2 heterocycles. The van der Waals surface area contributed by atoms with E-state index in [4.69, 9.17) is 0 Å². The summed E-state index contributed by atoms with van der Waals surface area (Å²) in [5, 5.41) is 0. The third-order valence-corrected chi connectivity index (χ3v) is 6.75. The van der Waals surface area contributed by atoms with E-state index < -0.39 is 10.0 Å². The molecule has 0 aliphatic carbocycles. The Morgan fingerprint density at radius 2 is 1.74 bits per heavy atom. The number of sulfonamides is 1. The fraction of sp³-hybridized carbons (Fsp3) is 0.588. The van der Waals surface area contributed by atoms with Gasteiger partial charge in [-0.2, -0.15) is 4.31 Å². The second-order valence-corrected chi connectivity index (χ2v) is 8.55. The van der Waals surface area contributed by atoms with E-state index in [-0.39, 0.29) is 10.8 Å². The van der Waals surface area contributed by atoms with Crippen molar-refractivity contribution in [1.29, 1.82) is 0 Å². The van der Waals surface area contributed by atoms with Crippen molar-refractivity contribution in [2.24, 2.45) is 5.92 Å². The van der Waals surface area contributed by atoms with Gasteiger partial charge in [0.25, 0.3) is 5.91 Å². The molecule has 2 aliphatic rings. The number of amides is 1. The van der Waals surface area contributed by atoms with Gasteiger partial charge in [0.1, 0.15) is 0 Å². The number of benzene rings is 1. The van der Waals surface area contributed by atoms with Crippen LogP contribution in [0.15, 0.2) is 29.2 Å². The van der Waals surface area contributed by atoms with Gasteiger partial charge in [0.2, 0.25) is 10.0 Å². The molecule has 1 aromatic carbocycles. The van der Waals surface area contributed by atoms with Gasteiger partial charge in [0, 0.05) is 31.7 Å². The number of hydrogen-bond donors (Lipinski definition) is 0. The van der Waals surface area contributed by atoms with E-state index >= 15 is 0 Å². The van der Waals surface area contributed by atoms with E-state index in [9.17, 15) is 13.2 Å². The van der Waals surface area contributed by atoms with E-state index in [1.807, 2.05) is 0 Å². The monoisotopic (exact) mass is 336 g/mol. The number of carbonyl (C=O) groups excluding carboxylic acids is 1. The molecule has 2 fully saturated rings. The summed E-state index contributed by atoms with van der Waals surface area (Å²) in [6, 6.07) is 6.50. The first-order valence-corrected chi connectivity index (χ1v) is 9.82. The maximum Gasteiger partial charge on any atom is 0.253 e. The van der Waals surface area contributed by atoms with Gasteiger partial charge in [-0.1, -0.05) is 13.0 Å². The Balaban J connectivity index is 1.82. The summed E-state index contributed by atoms with van der Waals surface area (Å²) < 4.78 is 27.1. The van der Waals surface area contributed by atoms with Crippen LogP contribution in [0.5, 0.6) is 0 Å². The average Bonchev–Trinajstić information content (AvgIpc) is 3.09. The van der Waals surface area contributed by atoms with Gasteiger partial charge < -0.3 is 4.90 Å². The number of nitrogens with zero attached hydrogens (tertiary/aromatic N) is 2. The predicted octanol–water partition coefficient (Wildman–Crippen LogP) is 2.34. The zero-order valence-electron chi connectivity index (χ0n) is 13.6. The lowest BCUT2D eigenvalue weighted by molar-refractivity contribution is 0.0792. The van der Waals surface area contributed by atoms with Crippen LogP contribution in [-0.2, 0) is 10.0 Å². The van der Waals surface area contributed by atoms with Gasteiger partial charge in [0.15, 0.2) is 0 Å². The van der Waals surface area contributed by atoms with Gasteiger partial charge in [-0.3, -0.25) is 4.79 Å². The Morgan fingerprint density at radius 1 is 1.09 bits per heavy atom. The molecule has 5 nitrogen and oxygen atoms in total. The number of piperidine rings is 1. The summed E-state index contributed by atoms with van der Waals surface area (Å²) in [5.74, 6) is 0.511. The zero-order chi connectivity index (χ0) is 16.4. The lowest BCUT2D eigenvalue weighted by atomic mass is 10.0. The topological polar surface area (TPSA) is 57.7 Å². The molecule has 1 amide bonds. The van der Waals surface area contributed by atoms with Crippen LogP contribution in [0.4, 0.5) is 0 Å². The average molecular weight is 336 g/mol. The van der Waals surface area contributed by atoms with E-state index in [0.29, 0.717) is 24.6 Å². The fourth-order valence-electron chi connectivity index (χ4n) is 3.27. The highest BCUT2D eigenvalue weighted by Gasteiger charge is 2.29. The molecular formula is C17H24N2O3S. The second kappa shape index (κ2) is 6.61. The third-order valence-electron chi connectivity index (χ3n) is 4.85. The lowest BCUT2D eigenvalue weighted by Gasteiger charge is -2.29. The van der Waals surface area contributed by atoms with Gasteiger partial charge in [-0.25, -0.2) is 8.42 Å². The summed E-state index contributed by atoms with van der Waals surface area (Å²) in [6.07, 6.45) is 3.84. The molecule has 23 heavy (non-hydrogen) atoms. The molecule has 3 rings (SSSR count). The summed E-state index contributed by atoms with van der Waals surface area (Å²) in [4.78, 5) is 14.5. The SMILES string of the molecule is CC1CCN(S(=O)(=O)c2cccc(C(=O)N3CCCC3)c2)CC1. The van der Waals surface area contributed by atoms with Crippen LogP contribution in [0.1, 0.15) is 43.0 Å². The normalized spacial score (nSPS) is 20.8. The first kappa shape index (κ1) is 16.5. The van der Waals surface area contributed by atoms with E-state index in [1.165, 1.54) is 6.07 Å². The maximum absolute atomic E-state index is 12.8. The minimum atomic E-state index is -3.50. The molecule has 0 atom stereocenters. The molecular weight excluding hydrogens is 312 g/mol. The van der Waals surface area contributed by atoms with Crippen LogP contribution < -0.4 is 0 Å². The van der Waals surface area contributed by atoms with Crippen molar-refractivity contribution < 1.29 is 13.2 Å².